The zero-order valence-corrected chi connectivity index (χ0v) is 9.68. The summed E-state index contributed by atoms with van der Waals surface area (Å²) in [6.45, 7) is 1.77. The number of aromatic carboxylic acids is 1. The van der Waals surface area contributed by atoms with Crippen molar-refractivity contribution in [3.05, 3.63) is 47.8 Å². The van der Waals surface area contributed by atoms with Gasteiger partial charge < -0.3 is 14.4 Å². The second-order valence-electron chi connectivity index (χ2n) is 3.66. The van der Waals surface area contributed by atoms with Crippen LogP contribution in [-0.4, -0.2) is 22.8 Å². The number of carboxylic acids is 1. The van der Waals surface area contributed by atoms with Gasteiger partial charge in [0.05, 0.1) is 18.4 Å². The van der Waals surface area contributed by atoms with E-state index in [0.29, 0.717) is 17.0 Å². The summed E-state index contributed by atoms with van der Waals surface area (Å²) in [5.74, 6) is -0.209. The molecular formula is C13H13NO3. The average Bonchev–Trinajstić information content (AvgIpc) is 2.71. The summed E-state index contributed by atoms with van der Waals surface area (Å²) in [6.07, 6.45) is 1.73. The van der Waals surface area contributed by atoms with Crippen molar-refractivity contribution in [2.75, 3.05) is 7.11 Å². The van der Waals surface area contributed by atoms with Crippen molar-refractivity contribution in [1.82, 2.24) is 4.57 Å². The van der Waals surface area contributed by atoms with E-state index < -0.39 is 5.97 Å². The lowest BCUT2D eigenvalue weighted by atomic mass is 10.2. The van der Waals surface area contributed by atoms with E-state index >= 15 is 0 Å². The van der Waals surface area contributed by atoms with Crippen molar-refractivity contribution in [1.29, 1.82) is 0 Å². The van der Waals surface area contributed by atoms with Crippen LogP contribution in [0.15, 0.2) is 36.5 Å². The van der Waals surface area contributed by atoms with Gasteiger partial charge in [0.25, 0.3) is 0 Å². The van der Waals surface area contributed by atoms with Gasteiger partial charge in [0, 0.05) is 11.9 Å². The van der Waals surface area contributed by atoms with Gasteiger partial charge in [-0.3, -0.25) is 0 Å². The molecule has 4 heteroatoms. The Bertz CT molecular complexity index is 558. The summed E-state index contributed by atoms with van der Waals surface area (Å²) in [5.41, 5.74) is 1.82. The van der Waals surface area contributed by atoms with Crippen LogP contribution in [0.5, 0.6) is 5.75 Å². The summed E-state index contributed by atoms with van der Waals surface area (Å²) in [6, 6.07) is 9.08. The quantitative estimate of drug-likeness (QED) is 0.882. The summed E-state index contributed by atoms with van der Waals surface area (Å²) >= 11 is 0. The first-order valence-corrected chi connectivity index (χ1v) is 5.19. The Morgan fingerprint density at radius 3 is 2.59 bits per heavy atom. The van der Waals surface area contributed by atoms with Gasteiger partial charge in [0.2, 0.25) is 0 Å². The fourth-order valence-electron chi connectivity index (χ4n) is 1.83. The molecule has 0 saturated carbocycles. The van der Waals surface area contributed by atoms with Crippen LogP contribution in [0.4, 0.5) is 0 Å². The molecule has 2 aromatic rings. The Kier molecular flexibility index (Phi) is 2.87. The maximum Gasteiger partial charge on any atom is 0.337 e. The van der Waals surface area contributed by atoms with Crippen LogP contribution in [0.3, 0.4) is 0 Å². The van der Waals surface area contributed by atoms with Gasteiger partial charge in [-0.15, -0.1) is 0 Å². The molecule has 1 heterocycles. The zero-order valence-electron chi connectivity index (χ0n) is 9.68. The number of benzene rings is 1. The predicted molar refractivity (Wildman–Crippen MR) is 64.0 cm³/mol. The Morgan fingerprint density at radius 1 is 1.29 bits per heavy atom. The van der Waals surface area contributed by atoms with E-state index in [1.54, 1.807) is 26.3 Å². The maximum absolute atomic E-state index is 11.0. The van der Waals surface area contributed by atoms with Gasteiger partial charge in [-0.2, -0.15) is 0 Å². The Hall–Kier alpha value is -2.23. The lowest BCUT2D eigenvalue weighted by Crippen LogP contribution is -2.02. The smallest absolute Gasteiger partial charge is 0.337 e. The Balaban J connectivity index is 2.57. The standard InChI is InChI=1S/C13H13NO3/c1-9-10(13(15)16)7-8-14(9)11-5-3-4-6-12(11)17-2/h3-8H,1-2H3,(H,15,16). The van der Waals surface area contributed by atoms with E-state index in [1.807, 2.05) is 28.8 Å². The predicted octanol–water partition coefficient (Wildman–Crippen LogP) is 2.49. The highest BCUT2D eigenvalue weighted by Crippen LogP contribution is 2.25. The minimum atomic E-state index is -0.920. The number of nitrogens with zero attached hydrogens (tertiary/aromatic N) is 1. The topological polar surface area (TPSA) is 51.5 Å². The minimum absolute atomic E-state index is 0.302. The van der Waals surface area contributed by atoms with E-state index in [2.05, 4.69) is 0 Å². The molecule has 1 aromatic carbocycles. The Labute approximate surface area is 99.1 Å². The largest absolute Gasteiger partial charge is 0.495 e. The summed E-state index contributed by atoms with van der Waals surface area (Å²) in [7, 11) is 1.59. The van der Waals surface area contributed by atoms with Crippen LogP contribution in [0, 0.1) is 6.92 Å². The van der Waals surface area contributed by atoms with E-state index in [4.69, 9.17) is 9.84 Å². The fourth-order valence-corrected chi connectivity index (χ4v) is 1.83. The van der Waals surface area contributed by atoms with Gasteiger partial charge in [-0.25, -0.2) is 4.79 Å². The zero-order chi connectivity index (χ0) is 12.4. The first-order valence-electron chi connectivity index (χ1n) is 5.19. The van der Waals surface area contributed by atoms with E-state index in [9.17, 15) is 4.79 Å². The molecule has 4 nitrogen and oxygen atoms in total. The van der Waals surface area contributed by atoms with Crippen LogP contribution in [0.1, 0.15) is 16.1 Å². The van der Waals surface area contributed by atoms with Gasteiger partial charge in [-0.1, -0.05) is 12.1 Å². The molecule has 88 valence electrons. The molecule has 0 amide bonds. The van der Waals surface area contributed by atoms with Gasteiger partial charge in [-0.05, 0) is 25.1 Å². The number of hydrogen-bond donors (Lipinski definition) is 1. The van der Waals surface area contributed by atoms with Crippen molar-refractivity contribution < 1.29 is 14.6 Å². The molecule has 0 saturated heterocycles. The molecule has 0 radical (unpaired) electrons. The van der Waals surface area contributed by atoms with Crippen LogP contribution in [0.25, 0.3) is 5.69 Å². The SMILES string of the molecule is COc1ccccc1-n1ccc(C(=O)O)c1C. The van der Waals surface area contributed by atoms with E-state index in [0.717, 1.165) is 5.69 Å². The van der Waals surface area contributed by atoms with E-state index in [-0.39, 0.29) is 0 Å². The number of para-hydroxylation sites is 2. The maximum atomic E-state index is 11.0. The third-order valence-electron chi connectivity index (χ3n) is 2.72. The summed E-state index contributed by atoms with van der Waals surface area (Å²) in [4.78, 5) is 11.0. The number of hydrogen-bond acceptors (Lipinski definition) is 2. The molecule has 0 aliphatic heterocycles. The number of aromatic nitrogens is 1. The Morgan fingerprint density at radius 2 is 2.00 bits per heavy atom. The van der Waals surface area contributed by atoms with Crippen molar-refractivity contribution in [2.45, 2.75) is 6.92 Å². The fraction of sp³-hybridized carbons (Fsp3) is 0.154. The average molecular weight is 231 g/mol. The molecular weight excluding hydrogens is 218 g/mol. The normalized spacial score (nSPS) is 10.2. The molecule has 2 rings (SSSR count). The molecule has 0 fully saturated rings. The molecule has 17 heavy (non-hydrogen) atoms. The van der Waals surface area contributed by atoms with Gasteiger partial charge >= 0.3 is 5.97 Å². The monoisotopic (exact) mass is 231 g/mol. The van der Waals surface area contributed by atoms with Crippen molar-refractivity contribution >= 4 is 5.97 Å². The highest BCUT2D eigenvalue weighted by atomic mass is 16.5. The van der Waals surface area contributed by atoms with E-state index in [1.165, 1.54) is 0 Å². The number of rotatable bonds is 3. The van der Waals surface area contributed by atoms with Crippen LogP contribution < -0.4 is 4.74 Å². The number of ether oxygens (including phenoxy) is 1. The molecule has 1 aromatic heterocycles. The molecule has 0 bridgehead atoms. The molecule has 0 aliphatic rings. The molecule has 1 N–H and O–H groups in total. The van der Waals surface area contributed by atoms with Crippen molar-refractivity contribution in [3.63, 3.8) is 0 Å². The van der Waals surface area contributed by atoms with Gasteiger partial charge in [0.1, 0.15) is 5.75 Å². The molecule has 0 unspecified atom stereocenters. The third-order valence-corrected chi connectivity index (χ3v) is 2.72. The second kappa shape index (κ2) is 4.33. The molecule has 0 aliphatic carbocycles. The van der Waals surface area contributed by atoms with Crippen LogP contribution in [0.2, 0.25) is 0 Å². The first-order chi connectivity index (χ1) is 8.15. The van der Waals surface area contributed by atoms with Crippen molar-refractivity contribution in [3.8, 4) is 11.4 Å². The molecule has 0 atom stereocenters. The number of methoxy groups -OCH3 is 1. The first kappa shape index (κ1) is 11.3. The second-order valence-corrected chi connectivity index (χ2v) is 3.66. The lowest BCUT2D eigenvalue weighted by Gasteiger charge is -2.11. The number of carboxylic acid groups (broad SMARTS) is 1. The number of carbonyl (C=O) groups is 1. The highest BCUT2D eigenvalue weighted by Gasteiger charge is 2.13. The van der Waals surface area contributed by atoms with Crippen LogP contribution >= 0.6 is 0 Å². The summed E-state index contributed by atoms with van der Waals surface area (Å²) < 4.78 is 7.06. The highest BCUT2D eigenvalue weighted by molar-refractivity contribution is 5.89. The lowest BCUT2D eigenvalue weighted by molar-refractivity contribution is 0.0696. The third kappa shape index (κ3) is 1.89. The van der Waals surface area contributed by atoms with Crippen molar-refractivity contribution in [2.24, 2.45) is 0 Å². The summed E-state index contributed by atoms with van der Waals surface area (Å²) in [5, 5.41) is 9.01. The molecule has 0 spiro atoms. The van der Waals surface area contributed by atoms with Crippen LogP contribution in [-0.2, 0) is 0 Å². The van der Waals surface area contributed by atoms with Gasteiger partial charge in [0.15, 0.2) is 0 Å². The minimum Gasteiger partial charge on any atom is -0.495 e.